The number of nitrogens with one attached hydrogen (secondary N) is 1. The molecule has 7 heteroatoms. The monoisotopic (exact) mass is 470 g/mol. The highest BCUT2D eigenvalue weighted by Crippen LogP contribution is 2.41. The Morgan fingerprint density at radius 3 is 2.51 bits per heavy atom. The average Bonchev–Trinajstić information content (AvgIpc) is 3.18. The average molecular weight is 471 g/mol. The zero-order valence-electron chi connectivity index (χ0n) is 20.4. The lowest BCUT2D eigenvalue weighted by Gasteiger charge is -2.30. The molecule has 7 nitrogen and oxygen atoms in total. The summed E-state index contributed by atoms with van der Waals surface area (Å²) in [6, 6.07) is 16.2. The van der Waals surface area contributed by atoms with Gasteiger partial charge in [-0.25, -0.2) is 0 Å². The molecule has 1 atom stereocenters. The molecule has 3 aromatic carbocycles. The second-order valence-corrected chi connectivity index (χ2v) is 9.32. The number of hydrogen-bond donors (Lipinski definition) is 1. The van der Waals surface area contributed by atoms with Gasteiger partial charge in [-0.15, -0.1) is 0 Å². The van der Waals surface area contributed by atoms with E-state index in [1.165, 1.54) is 16.0 Å². The minimum Gasteiger partial charge on any atom is -0.379 e. The summed E-state index contributed by atoms with van der Waals surface area (Å²) in [5, 5.41) is 3.94. The third-order valence-corrected chi connectivity index (χ3v) is 7.08. The topological polar surface area (TPSA) is 79.0 Å². The molecule has 0 unspecified atom stereocenters. The summed E-state index contributed by atoms with van der Waals surface area (Å²) < 4.78 is 14.3. The molecule has 3 aromatic rings. The quantitative estimate of drug-likeness (QED) is 0.580. The summed E-state index contributed by atoms with van der Waals surface area (Å²) in [5.41, 5.74) is 4.56. The number of benzene rings is 3. The Hall–Kier alpha value is -3.55. The van der Waals surface area contributed by atoms with Crippen molar-refractivity contribution < 1.29 is 20.5 Å². The maximum atomic E-state index is 13.4. The minimum atomic E-state index is -1.85. The van der Waals surface area contributed by atoms with Gasteiger partial charge in [0.2, 0.25) is 11.8 Å². The van der Waals surface area contributed by atoms with Crippen LogP contribution in [0.25, 0.3) is 10.8 Å². The zero-order valence-corrected chi connectivity index (χ0v) is 19.4. The Morgan fingerprint density at radius 2 is 1.74 bits per heavy atom. The predicted molar refractivity (Wildman–Crippen MR) is 132 cm³/mol. The van der Waals surface area contributed by atoms with Gasteiger partial charge in [0.25, 0.3) is 5.91 Å². The van der Waals surface area contributed by atoms with Gasteiger partial charge in [0.1, 0.15) is 6.02 Å². The lowest BCUT2D eigenvalue weighted by Crippen LogP contribution is -2.53. The van der Waals surface area contributed by atoms with Crippen LogP contribution < -0.4 is 10.2 Å². The Balaban J connectivity index is 1.29. The summed E-state index contributed by atoms with van der Waals surface area (Å²) in [4.78, 5) is 41.4. The number of piperidine rings is 1. The van der Waals surface area contributed by atoms with Crippen molar-refractivity contribution in [1.82, 2.24) is 10.2 Å². The van der Waals surface area contributed by atoms with Crippen LogP contribution in [-0.4, -0.2) is 54.9 Å². The van der Waals surface area contributed by atoms with E-state index in [1.54, 1.807) is 6.07 Å². The molecule has 1 N–H and O–H groups in total. The largest absolute Gasteiger partial charge is 0.379 e. The molecular weight excluding hydrogens is 442 g/mol. The smallest absolute Gasteiger partial charge is 0.259 e. The first-order valence-electron chi connectivity index (χ1n) is 12.6. The van der Waals surface area contributed by atoms with E-state index in [0.29, 0.717) is 17.7 Å². The number of ether oxygens (including phenoxy) is 1. The molecule has 3 heterocycles. The van der Waals surface area contributed by atoms with E-state index in [0.717, 1.165) is 49.2 Å². The zero-order chi connectivity index (χ0) is 24.9. The van der Waals surface area contributed by atoms with Crippen LogP contribution in [0.2, 0.25) is 0 Å². The molecule has 0 radical (unpaired) electrons. The highest BCUT2D eigenvalue weighted by atomic mass is 16.5. The van der Waals surface area contributed by atoms with Gasteiger partial charge in [-0.1, -0.05) is 42.5 Å². The standard InChI is InChI=1S/C28H27N3O4/c32-25-11-10-24(27(33)29-25)31-23-9-8-20(21-2-1-3-22(26(21)23)28(31)34)16-18-4-6-19(7-5-18)17-30-12-14-35-15-13-30/h1-9,24H,10-17H2,(H,29,32,33)/t24-/m1/s1/i24D. The van der Waals surface area contributed by atoms with Crippen LogP contribution >= 0.6 is 0 Å². The number of carbonyl (C=O) groups is 3. The number of imide groups is 1. The van der Waals surface area contributed by atoms with E-state index in [2.05, 4.69) is 34.5 Å². The third-order valence-electron chi connectivity index (χ3n) is 7.08. The Bertz CT molecular complexity index is 1380. The van der Waals surface area contributed by atoms with Crippen molar-refractivity contribution in [3.63, 3.8) is 0 Å². The third kappa shape index (κ3) is 4.00. The molecule has 6 rings (SSSR count). The molecular formula is C28H27N3O4. The first kappa shape index (κ1) is 20.8. The van der Waals surface area contributed by atoms with Crippen molar-refractivity contribution in [1.29, 1.82) is 0 Å². The first-order valence-corrected chi connectivity index (χ1v) is 12.1. The summed E-state index contributed by atoms with van der Waals surface area (Å²) in [7, 11) is 0. The van der Waals surface area contributed by atoms with Gasteiger partial charge in [-0.3, -0.25) is 29.5 Å². The number of amides is 3. The van der Waals surface area contributed by atoms with Crippen molar-refractivity contribution in [2.24, 2.45) is 0 Å². The fraction of sp³-hybridized carbons (Fsp3) is 0.321. The number of rotatable bonds is 5. The first-order chi connectivity index (χ1) is 17.4. The van der Waals surface area contributed by atoms with E-state index >= 15 is 0 Å². The van der Waals surface area contributed by atoms with E-state index in [9.17, 15) is 14.4 Å². The normalized spacial score (nSPS) is 23.0. The van der Waals surface area contributed by atoms with Crippen LogP contribution in [0.3, 0.4) is 0 Å². The fourth-order valence-electron chi connectivity index (χ4n) is 5.29. The number of hydrogen-bond acceptors (Lipinski definition) is 5. The van der Waals surface area contributed by atoms with Crippen molar-refractivity contribution in [2.75, 3.05) is 31.2 Å². The van der Waals surface area contributed by atoms with Crippen molar-refractivity contribution in [3.05, 3.63) is 76.9 Å². The molecule has 2 saturated heterocycles. The van der Waals surface area contributed by atoms with E-state index < -0.39 is 17.8 Å². The summed E-state index contributed by atoms with van der Waals surface area (Å²) in [5.74, 6) is -1.54. The van der Waals surface area contributed by atoms with Crippen LogP contribution in [0.5, 0.6) is 0 Å². The molecule has 0 aromatic heterocycles. The number of anilines is 1. The van der Waals surface area contributed by atoms with Gasteiger partial charge in [-0.2, -0.15) is 0 Å². The SMILES string of the molecule is [2H][C@@]1(N2C(=O)c3cccc4c(Cc5ccc(CN6CCOCC6)cc5)ccc2c34)CCC(=O)NC1=O. The summed E-state index contributed by atoms with van der Waals surface area (Å²) in [6.07, 6.45) is 0.697. The number of nitrogens with zero attached hydrogens (tertiary/aromatic N) is 2. The molecule has 35 heavy (non-hydrogen) atoms. The van der Waals surface area contributed by atoms with Gasteiger partial charge in [0.05, 0.1) is 20.3 Å². The number of carbonyl (C=O) groups excluding carboxylic acids is 3. The molecule has 0 spiro atoms. The highest BCUT2D eigenvalue weighted by molar-refractivity contribution is 6.27. The lowest BCUT2D eigenvalue weighted by molar-refractivity contribution is -0.134. The van der Waals surface area contributed by atoms with Crippen LogP contribution in [0, 0.1) is 0 Å². The van der Waals surface area contributed by atoms with E-state index in [-0.39, 0.29) is 18.7 Å². The van der Waals surface area contributed by atoms with Gasteiger partial charge >= 0.3 is 0 Å². The minimum absolute atomic E-state index is 0.0259. The number of morpholine rings is 1. The Morgan fingerprint density at radius 1 is 0.971 bits per heavy atom. The highest BCUT2D eigenvalue weighted by Gasteiger charge is 2.40. The van der Waals surface area contributed by atoms with Crippen molar-refractivity contribution in [2.45, 2.75) is 31.8 Å². The maximum Gasteiger partial charge on any atom is 0.259 e. The van der Waals surface area contributed by atoms with Gasteiger partial charge < -0.3 is 4.74 Å². The van der Waals surface area contributed by atoms with Crippen LogP contribution in [0.4, 0.5) is 5.69 Å². The molecule has 3 aliphatic rings. The molecule has 2 fully saturated rings. The Labute approximate surface area is 205 Å². The van der Waals surface area contributed by atoms with Gasteiger partial charge in [0.15, 0.2) is 0 Å². The van der Waals surface area contributed by atoms with Gasteiger partial charge in [0, 0.05) is 37.0 Å². The summed E-state index contributed by atoms with van der Waals surface area (Å²) >= 11 is 0. The van der Waals surface area contributed by atoms with Crippen LogP contribution in [0.15, 0.2) is 54.6 Å². The van der Waals surface area contributed by atoms with Crippen LogP contribution in [-0.2, 0) is 27.3 Å². The predicted octanol–water partition coefficient (Wildman–Crippen LogP) is 3.03. The van der Waals surface area contributed by atoms with Gasteiger partial charge in [-0.05, 0) is 47.1 Å². The van der Waals surface area contributed by atoms with Crippen LogP contribution in [0.1, 0.15) is 41.3 Å². The Kier molecular flexibility index (Phi) is 5.29. The van der Waals surface area contributed by atoms with E-state index in [4.69, 9.17) is 6.11 Å². The molecule has 3 amide bonds. The summed E-state index contributed by atoms with van der Waals surface area (Å²) in [6.45, 7) is 4.39. The van der Waals surface area contributed by atoms with Crippen molar-refractivity contribution >= 4 is 34.2 Å². The molecule has 3 aliphatic heterocycles. The molecule has 0 bridgehead atoms. The van der Waals surface area contributed by atoms with E-state index in [1.807, 2.05) is 24.3 Å². The maximum absolute atomic E-state index is 13.4. The molecule has 0 aliphatic carbocycles. The molecule has 0 saturated carbocycles. The molecule has 178 valence electrons. The fourth-order valence-corrected chi connectivity index (χ4v) is 5.29. The van der Waals surface area contributed by atoms with Crippen molar-refractivity contribution in [3.8, 4) is 0 Å². The lowest BCUT2D eigenvalue weighted by atomic mass is 9.95. The second-order valence-electron chi connectivity index (χ2n) is 9.32. The second kappa shape index (κ2) is 8.91.